The molecule has 0 spiro atoms. The van der Waals surface area contributed by atoms with Crippen LogP contribution in [0.4, 0.5) is 10.1 Å². The molecule has 11 nitrogen and oxygen atoms in total. The molecule has 3 aromatic heterocycles. The summed E-state index contributed by atoms with van der Waals surface area (Å²) in [5.74, 6) is -1.16. The maximum absolute atomic E-state index is 14.2. The van der Waals surface area contributed by atoms with E-state index in [1.54, 1.807) is 18.3 Å². The topological polar surface area (TPSA) is 158 Å². The molecule has 12 heteroatoms. The number of rotatable bonds is 9. The van der Waals surface area contributed by atoms with Crippen LogP contribution in [-0.2, 0) is 4.79 Å². The van der Waals surface area contributed by atoms with Crippen molar-refractivity contribution >= 4 is 28.5 Å². The fourth-order valence-electron chi connectivity index (χ4n) is 3.07. The van der Waals surface area contributed by atoms with Crippen LogP contribution in [0.15, 0.2) is 30.7 Å². The van der Waals surface area contributed by atoms with Crippen molar-refractivity contribution in [2.75, 3.05) is 18.5 Å². The zero-order valence-electron chi connectivity index (χ0n) is 18.9. The van der Waals surface area contributed by atoms with Crippen molar-refractivity contribution in [1.82, 2.24) is 30.4 Å². The third-order valence-corrected chi connectivity index (χ3v) is 4.72. The average molecular weight is 468 g/mol. The number of alkyl halides is 1. The van der Waals surface area contributed by atoms with Crippen molar-refractivity contribution in [2.45, 2.75) is 39.0 Å². The second-order valence-electron chi connectivity index (χ2n) is 7.96. The molecule has 0 radical (unpaired) electrons. The number of nitriles is 1. The van der Waals surface area contributed by atoms with E-state index in [0.717, 1.165) is 0 Å². The Morgan fingerprint density at radius 1 is 1.21 bits per heavy atom. The summed E-state index contributed by atoms with van der Waals surface area (Å²) < 4.78 is 15.6. The number of nitrogens with zero attached hydrogens (tertiary/aromatic N) is 5. The fraction of sp³-hybridized carbons (Fsp3) is 0.364. The standard InChI is InChI=1S/C22H25FN8O3/c1-12(2)29-18-5-19(31-20-15(8-28-31)4-14(6-24)7-26-20)25-9-16(18)21(33)27-10-17(23)22(34)30-13(3)11-32/h4-5,7-9,12-13,17,32H,10-11H2,1-3H3,(H,25,29)(H,27,33)(H,30,34). The summed E-state index contributed by atoms with van der Waals surface area (Å²) in [5.41, 5.74) is 1.48. The maximum Gasteiger partial charge on any atom is 0.256 e. The summed E-state index contributed by atoms with van der Waals surface area (Å²) in [5, 5.41) is 30.8. The zero-order valence-corrected chi connectivity index (χ0v) is 18.9. The largest absolute Gasteiger partial charge is 0.394 e. The molecule has 3 aromatic rings. The molecule has 0 bridgehead atoms. The summed E-state index contributed by atoms with van der Waals surface area (Å²) in [6.07, 6.45) is 2.34. The molecule has 0 aromatic carbocycles. The molecule has 2 unspecified atom stereocenters. The molecule has 3 heterocycles. The van der Waals surface area contributed by atoms with Gasteiger partial charge >= 0.3 is 0 Å². The van der Waals surface area contributed by atoms with Crippen molar-refractivity contribution < 1.29 is 19.1 Å². The molecule has 0 aliphatic carbocycles. The van der Waals surface area contributed by atoms with Gasteiger partial charge in [0.1, 0.15) is 6.07 Å². The van der Waals surface area contributed by atoms with Gasteiger partial charge in [0.2, 0.25) is 0 Å². The molecule has 34 heavy (non-hydrogen) atoms. The molecule has 0 saturated heterocycles. The van der Waals surface area contributed by atoms with E-state index in [2.05, 4.69) is 31.0 Å². The summed E-state index contributed by atoms with van der Waals surface area (Å²) >= 11 is 0. The first-order valence-electron chi connectivity index (χ1n) is 10.6. The normalized spacial score (nSPS) is 12.7. The van der Waals surface area contributed by atoms with E-state index in [4.69, 9.17) is 10.4 Å². The Hall–Kier alpha value is -4.11. The van der Waals surface area contributed by atoms with Gasteiger partial charge in [0.15, 0.2) is 17.6 Å². The van der Waals surface area contributed by atoms with Gasteiger partial charge < -0.3 is 21.1 Å². The Morgan fingerprint density at radius 3 is 2.65 bits per heavy atom. The van der Waals surface area contributed by atoms with Gasteiger partial charge in [0, 0.05) is 35.9 Å². The molecule has 0 aliphatic heterocycles. The van der Waals surface area contributed by atoms with E-state index >= 15 is 0 Å². The molecule has 3 rings (SSSR count). The predicted molar refractivity (Wildman–Crippen MR) is 122 cm³/mol. The molecule has 178 valence electrons. The summed E-state index contributed by atoms with van der Waals surface area (Å²) in [6, 6.07) is 4.67. The predicted octanol–water partition coefficient (Wildman–Crippen LogP) is 1.07. The van der Waals surface area contributed by atoms with E-state index in [0.29, 0.717) is 28.1 Å². The van der Waals surface area contributed by atoms with Crippen LogP contribution in [0.25, 0.3) is 16.9 Å². The minimum absolute atomic E-state index is 0.0350. The third-order valence-electron chi connectivity index (χ3n) is 4.72. The van der Waals surface area contributed by atoms with Crippen molar-refractivity contribution in [3.8, 4) is 11.9 Å². The highest BCUT2D eigenvalue weighted by Crippen LogP contribution is 2.22. The van der Waals surface area contributed by atoms with Gasteiger partial charge in [-0.25, -0.2) is 14.4 Å². The Kier molecular flexibility index (Phi) is 7.70. The molecule has 2 atom stereocenters. The Labute approximate surface area is 195 Å². The molecular weight excluding hydrogens is 443 g/mol. The maximum atomic E-state index is 14.2. The minimum atomic E-state index is -1.98. The first-order chi connectivity index (χ1) is 16.2. The van der Waals surface area contributed by atoms with Gasteiger partial charge in [0.05, 0.1) is 36.2 Å². The second-order valence-corrected chi connectivity index (χ2v) is 7.96. The van der Waals surface area contributed by atoms with Crippen LogP contribution in [-0.4, -0.2) is 68.1 Å². The van der Waals surface area contributed by atoms with Crippen LogP contribution < -0.4 is 16.0 Å². The Balaban J connectivity index is 1.83. The van der Waals surface area contributed by atoms with Crippen molar-refractivity contribution in [3.05, 3.63) is 41.9 Å². The Morgan fingerprint density at radius 2 is 1.97 bits per heavy atom. The molecule has 4 N–H and O–H groups in total. The molecule has 2 amide bonds. The summed E-state index contributed by atoms with van der Waals surface area (Å²) in [6.45, 7) is 4.44. The molecule has 0 saturated carbocycles. The number of aromatic nitrogens is 4. The van der Waals surface area contributed by atoms with Crippen LogP contribution in [0.5, 0.6) is 0 Å². The number of amides is 2. The third kappa shape index (κ3) is 5.62. The van der Waals surface area contributed by atoms with Crippen LogP contribution >= 0.6 is 0 Å². The summed E-state index contributed by atoms with van der Waals surface area (Å²) in [4.78, 5) is 33.1. The highest BCUT2D eigenvalue weighted by atomic mass is 19.1. The monoisotopic (exact) mass is 468 g/mol. The quantitative estimate of drug-likeness (QED) is 0.363. The van der Waals surface area contributed by atoms with Gasteiger partial charge in [-0.05, 0) is 26.8 Å². The summed E-state index contributed by atoms with van der Waals surface area (Å²) in [7, 11) is 0. The van der Waals surface area contributed by atoms with Gasteiger partial charge in [-0.2, -0.15) is 15.0 Å². The highest BCUT2D eigenvalue weighted by molar-refractivity contribution is 6.00. The first kappa shape index (κ1) is 24.5. The number of hydrogen-bond donors (Lipinski definition) is 4. The Bertz CT molecular complexity index is 1240. The molecule has 0 fully saturated rings. The number of fused-ring (bicyclic) bond motifs is 1. The van der Waals surface area contributed by atoms with Crippen molar-refractivity contribution in [3.63, 3.8) is 0 Å². The second kappa shape index (κ2) is 10.7. The minimum Gasteiger partial charge on any atom is -0.394 e. The number of carbonyl (C=O) groups excluding carboxylic acids is 2. The van der Waals surface area contributed by atoms with E-state index in [-0.39, 0.29) is 18.2 Å². The lowest BCUT2D eigenvalue weighted by molar-refractivity contribution is -0.126. The van der Waals surface area contributed by atoms with Crippen LogP contribution in [0.2, 0.25) is 0 Å². The number of nitrogens with one attached hydrogen (secondary N) is 3. The lowest BCUT2D eigenvalue weighted by Crippen LogP contribution is -2.44. The fourth-order valence-corrected chi connectivity index (χ4v) is 3.07. The number of aliphatic hydroxyl groups excluding tert-OH is 1. The lowest BCUT2D eigenvalue weighted by Gasteiger charge is -2.17. The first-order valence-corrected chi connectivity index (χ1v) is 10.6. The van der Waals surface area contributed by atoms with Gasteiger partial charge in [-0.1, -0.05) is 0 Å². The van der Waals surface area contributed by atoms with E-state index in [9.17, 15) is 14.0 Å². The zero-order chi connectivity index (χ0) is 24.8. The van der Waals surface area contributed by atoms with E-state index in [1.165, 1.54) is 24.0 Å². The number of pyridine rings is 2. The highest BCUT2D eigenvalue weighted by Gasteiger charge is 2.22. The smallest absolute Gasteiger partial charge is 0.256 e. The van der Waals surface area contributed by atoms with Crippen molar-refractivity contribution in [2.24, 2.45) is 0 Å². The SMILES string of the molecule is CC(C)Nc1cc(-n2ncc3cc(C#N)cnc32)ncc1C(=O)NCC(F)C(=O)NC(C)CO. The van der Waals surface area contributed by atoms with Crippen LogP contribution in [0.1, 0.15) is 36.7 Å². The van der Waals surface area contributed by atoms with Gasteiger partial charge in [0.25, 0.3) is 11.8 Å². The number of aliphatic hydroxyl groups is 1. The van der Waals surface area contributed by atoms with Gasteiger partial charge in [-0.15, -0.1) is 0 Å². The lowest BCUT2D eigenvalue weighted by atomic mass is 10.2. The van der Waals surface area contributed by atoms with Crippen molar-refractivity contribution in [1.29, 1.82) is 5.26 Å². The number of hydrogen-bond acceptors (Lipinski definition) is 8. The number of carbonyl (C=O) groups is 2. The van der Waals surface area contributed by atoms with Crippen LogP contribution in [0.3, 0.4) is 0 Å². The molecular formula is C22H25FN8O3. The van der Waals surface area contributed by atoms with E-state index in [1.807, 2.05) is 19.9 Å². The molecule has 0 aliphatic rings. The number of halogens is 1. The van der Waals surface area contributed by atoms with Crippen LogP contribution in [0, 0.1) is 11.3 Å². The number of anilines is 1. The van der Waals surface area contributed by atoms with Gasteiger partial charge in [-0.3, -0.25) is 9.59 Å². The average Bonchev–Trinajstić information content (AvgIpc) is 3.24. The van der Waals surface area contributed by atoms with E-state index < -0.39 is 30.6 Å².